The van der Waals surface area contributed by atoms with Gasteiger partial charge in [0.25, 0.3) is 0 Å². The van der Waals surface area contributed by atoms with E-state index in [9.17, 15) is 4.79 Å². The summed E-state index contributed by atoms with van der Waals surface area (Å²) in [6, 6.07) is 0.592. The lowest BCUT2D eigenvalue weighted by Crippen LogP contribution is -2.31. The van der Waals surface area contributed by atoms with E-state index < -0.39 is 0 Å². The van der Waals surface area contributed by atoms with Gasteiger partial charge in [0.2, 0.25) is 0 Å². The number of nitrogens with zero attached hydrogens (tertiary/aromatic N) is 1. The molecule has 0 radical (unpaired) electrons. The van der Waals surface area contributed by atoms with Gasteiger partial charge in [-0.1, -0.05) is 0 Å². The van der Waals surface area contributed by atoms with E-state index in [1.165, 1.54) is 7.11 Å². The van der Waals surface area contributed by atoms with Gasteiger partial charge in [-0.05, 0) is 19.4 Å². The number of fused-ring (bicyclic) bond motifs is 1. The topological polar surface area (TPSA) is 41.6 Å². The van der Waals surface area contributed by atoms with Gasteiger partial charge in [0.05, 0.1) is 13.0 Å². The van der Waals surface area contributed by atoms with Crippen LogP contribution in [0.15, 0.2) is 0 Å². The zero-order valence-corrected chi connectivity index (χ0v) is 8.66. The van der Waals surface area contributed by atoms with Crippen LogP contribution in [0.2, 0.25) is 0 Å². The highest BCUT2D eigenvalue weighted by molar-refractivity contribution is 5.73. The SMILES string of the molecule is COC(=O)C1CC2CCNCCN2C1. The van der Waals surface area contributed by atoms with Crippen LogP contribution in [0.3, 0.4) is 0 Å². The van der Waals surface area contributed by atoms with Gasteiger partial charge in [0.15, 0.2) is 0 Å². The molecular formula is C10H18N2O2. The van der Waals surface area contributed by atoms with E-state index in [0.29, 0.717) is 6.04 Å². The summed E-state index contributed by atoms with van der Waals surface area (Å²) in [5, 5.41) is 3.38. The summed E-state index contributed by atoms with van der Waals surface area (Å²) >= 11 is 0. The summed E-state index contributed by atoms with van der Waals surface area (Å²) in [6.45, 7) is 4.08. The van der Waals surface area contributed by atoms with Crippen LogP contribution in [-0.4, -0.2) is 50.2 Å². The third-order valence-corrected chi connectivity index (χ3v) is 3.29. The summed E-state index contributed by atoms with van der Waals surface area (Å²) in [5.74, 6) is 0.0779. The number of carbonyl (C=O) groups excluding carboxylic acids is 1. The van der Waals surface area contributed by atoms with Crippen molar-refractivity contribution in [2.75, 3.05) is 33.3 Å². The summed E-state index contributed by atoms with van der Waals surface area (Å²) in [5.41, 5.74) is 0. The fraction of sp³-hybridized carbons (Fsp3) is 0.900. The summed E-state index contributed by atoms with van der Waals surface area (Å²) in [6.07, 6.45) is 2.14. The summed E-state index contributed by atoms with van der Waals surface area (Å²) < 4.78 is 4.79. The van der Waals surface area contributed by atoms with Crippen LogP contribution >= 0.6 is 0 Å². The van der Waals surface area contributed by atoms with Gasteiger partial charge in [-0.3, -0.25) is 9.69 Å². The second-order valence-electron chi connectivity index (χ2n) is 4.14. The fourth-order valence-electron chi connectivity index (χ4n) is 2.51. The van der Waals surface area contributed by atoms with Crippen molar-refractivity contribution in [3.05, 3.63) is 0 Å². The molecule has 2 heterocycles. The quantitative estimate of drug-likeness (QED) is 0.595. The van der Waals surface area contributed by atoms with Gasteiger partial charge in [0.1, 0.15) is 0 Å². The Kier molecular flexibility index (Phi) is 3.03. The van der Waals surface area contributed by atoms with E-state index in [1.807, 2.05) is 0 Å². The van der Waals surface area contributed by atoms with E-state index in [2.05, 4.69) is 10.2 Å². The van der Waals surface area contributed by atoms with Crippen molar-refractivity contribution >= 4 is 5.97 Å². The molecular weight excluding hydrogens is 180 g/mol. The van der Waals surface area contributed by atoms with Crippen LogP contribution in [0.1, 0.15) is 12.8 Å². The predicted molar refractivity (Wildman–Crippen MR) is 53.0 cm³/mol. The first-order chi connectivity index (χ1) is 6.81. The largest absolute Gasteiger partial charge is 0.469 e. The molecule has 2 atom stereocenters. The molecule has 0 aliphatic carbocycles. The van der Waals surface area contributed by atoms with Crippen molar-refractivity contribution in [3.63, 3.8) is 0 Å². The van der Waals surface area contributed by atoms with Gasteiger partial charge < -0.3 is 10.1 Å². The van der Waals surface area contributed by atoms with Gasteiger partial charge in [0, 0.05) is 25.7 Å². The molecule has 2 saturated heterocycles. The molecule has 4 nitrogen and oxygen atoms in total. The average molecular weight is 198 g/mol. The van der Waals surface area contributed by atoms with Crippen LogP contribution in [0.25, 0.3) is 0 Å². The summed E-state index contributed by atoms with van der Waals surface area (Å²) in [4.78, 5) is 13.8. The van der Waals surface area contributed by atoms with E-state index in [1.54, 1.807) is 0 Å². The predicted octanol–water partition coefficient (Wildman–Crippen LogP) is -0.157. The number of esters is 1. The minimum atomic E-state index is -0.0361. The second-order valence-corrected chi connectivity index (χ2v) is 4.14. The molecule has 0 aromatic carbocycles. The normalized spacial score (nSPS) is 33.5. The highest BCUT2D eigenvalue weighted by Gasteiger charge is 2.36. The zero-order valence-electron chi connectivity index (χ0n) is 8.66. The lowest BCUT2D eigenvalue weighted by molar-refractivity contribution is -0.144. The van der Waals surface area contributed by atoms with Crippen molar-refractivity contribution in [1.29, 1.82) is 0 Å². The van der Waals surface area contributed by atoms with E-state index in [4.69, 9.17) is 4.74 Å². The van der Waals surface area contributed by atoms with Crippen molar-refractivity contribution in [2.45, 2.75) is 18.9 Å². The molecule has 2 rings (SSSR count). The molecule has 2 unspecified atom stereocenters. The fourth-order valence-corrected chi connectivity index (χ4v) is 2.51. The molecule has 1 N–H and O–H groups in total. The van der Waals surface area contributed by atoms with Crippen LogP contribution < -0.4 is 5.32 Å². The first-order valence-electron chi connectivity index (χ1n) is 5.34. The lowest BCUT2D eigenvalue weighted by atomic mass is 10.0. The Morgan fingerprint density at radius 1 is 1.50 bits per heavy atom. The maximum Gasteiger partial charge on any atom is 0.310 e. The molecule has 0 bridgehead atoms. The molecule has 80 valence electrons. The number of hydrogen-bond acceptors (Lipinski definition) is 4. The molecule has 0 amide bonds. The molecule has 4 heteroatoms. The number of ether oxygens (including phenoxy) is 1. The van der Waals surface area contributed by atoms with E-state index >= 15 is 0 Å². The first kappa shape index (κ1) is 9.93. The van der Waals surface area contributed by atoms with E-state index in [-0.39, 0.29) is 11.9 Å². The Hall–Kier alpha value is -0.610. The van der Waals surface area contributed by atoms with E-state index in [0.717, 1.165) is 39.0 Å². The summed E-state index contributed by atoms with van der Waals surface area (Å²) in [7, 11) is 1.48. The van der Waals surface area contributed by atoms with Gasteiger partial charge in [-0.25, -0.2) is 0 Å². The number of nitrogens with one attached hydrogen (secondary N) is 1. The Morgan fingerprint density at radius 3 is 3.14 bits per heavy atom. The molecule has 0 aromatic rings. The van der Waals surface area contributed by atoms with Gasteiger partial charge in [-0.15, -0.1) is 0 Å². The minimum absolute atomic E-state index is 0.0361. The molecule has 0 saturated carbocycles. The number of rotatable bonds is 1. The molecule has 2 fully saturated rings. The standard InChI is InChI=1S/C10H18N2O2/c1-14-10(13)8-6-9-2-3-11-4-5-12(9)7-8/h8-9,11H,2-7H2,1H3. The Labute approximate surface area is 84.6 Å². The van der Waals surface area contributed by atoms with Crippen molar-refractivity contribution in [2.24, 2.45) is 5.92 Å². The minimum Gasteiger partial charge on any atom is -0.469 e. The van der Waals surface area contributed by atoms with Crippen LogP contribution in [0.4, 0.5) is 0 Å². The monoisotopic (exact) mass is 198 g/mol. The maximum atomic E-state index is 11.4. The first-order valence-corrected chi connectivity index (χ1v) is 5.34. The molecule has 0 spiro atoms. The van der Waals surface area contributed by atoms with Crippen LogP contribution in [0.5, 0.6) is 0 Å². The van der Waals surface area contributed by atoms with Crippen molar-refractivity contribution < 1.29 is 9.53 Å². The van der Waals surface area contributed by atoms with Crippen molar-refractivity contribution in [1.82, 2.24) is 10.2 Å². The smallest absolute Gasteiger partial charge is 0.310 e. The van der Waals surface area contributed by atoms with Gasteiger partial charge in [-0.2, -0.15) is 0 Å². The molecule has 2 aliphatic rings. The highest BCUT2D eigenvalue weighted by Crippen LogP contribution is 2.26. The third kappa shape index (κ3) is 1.91. The zero-order chi connectivity index (χ0) is 9.97. The Balaban J connectivity index is 1.94. The molecule has 2 aliphatic heterocycles. The molecule has 0 aromatic heterocycles. The van der Waals surface area contributed by atoms with Crippen molar-refractivity contribution in [3.8, 4) is 0 Å². The third-order valence-electron chi connectivity index (χ3n) is 3.29. The lowest BCUT2D eigenvalue weighted by Gasteiger charge is -2.19. The highest BCUT2D eigenvalue weighted by atomic mass is 16.5. The maximum absolute atomic E-state index is 11.4. The number of carbonyl (C=O) groups is 1. The second kappa shape index (κ2) is 4.28. The van der Waals surface area contributed by atoms with Crippen LogP contribution in [-0.2, 0) is 9.53 Å². The Bertz CT molecular complexity index is 206. The van der Waals surface area contributed by atoms with Crippen LogP contribution in [0, 0.1) is 5.92 Å². The number of hydrogen-bond donors (Lipinski definition) is 1. The Morgan fingerprint density at radius 2 is 2.36 bits per heavy atom. The van der Waals surface area contributed by atoms with Gasteiger partial charge >= 0.3 is 5.97 Å². The average Bonchev–Trinajstić information content (AvgIpc) is 2.49. The number of methoxy groups -OCH3 is 1. The molecule has 14 heavy (non-hydrogen) atoms.